The van der Waals surface area contributed by atoms with E-state index < -0.39 is 6.51 Å². The number of hydrogen-bond acceptors (Lipinski definition) is 2. The first-order chi connectivity index (χ1) is 6.11. The molecule has 10 rings (SSSR count). The fourth-order valence-electron chi connectivity index (χ4n) is 16.3. The SMILES string of the molecule is S=N[C]12[CH]3[CH]4[CH]5[CH]1[Fe]45321678[CH]2[CH]1[CH]6[CH]7[CH]28. The molecule has 0 radical (unpaired) electrons. The standard InChI is InChI=1S/C5H4NS.C5H5.Fe/c7-6-5-3-1-2-4-5;1-2-4-5-3-1;/h1-4H;1-5H;. The Labute approximate surface area is 71.1 Å². The zero-order valence-corrected chi connectivity index (χ0v) is 8.83. The van der Waals surface area contributed by atoms with Crippen LogP contribution in [0.5, 0.6) is 0 Å². The molecule has 1 nitrogen and oxygen atoms in total. The van der Waals surface area contributed by atoms with E-state index in [0.29, 0.717) is 4.44 Å². The molecule has 13 heavy (non-hydrogen) atoms. The average molecular weight is 231 g/mol. The second-order valence-corrected chi connectivity index (χ2v) is 33.4. The monoisotopic (exact) mass is 231 g/mol. The molecule has 4 atom stereocenters. The summed E-state index contributed by atoms with van der Waals surface area (Å²) in [4.78, 5) is 12.4. The number of hydrogen-bond donors (Lipinski definition) is 0. The fourth-order valence-corrected chi connectivity index (χ4v) is 90.4. The molecule has 0 aliphatic carbocycles. The van der Waals surface area contributed by atoms with Crippen molar-refractivity contribution >= 4 is 12.4 Å². The van der Waals surface area contributed by atoms with Gasteiger partial charge in [0.1, 0.15) is 0 Å². The van der Waals surface area contributed by atoms with Crippen molar-refractivity contribution in [3.63, 3.8) is 0 Å². The molecule has 68 valence electrons. The first kappa shape index (κ1) is 4.19. The summed E-state index contributed by atoms with van der Waals surface area (Å²) in [6.07, 6.45) is 0. The van der Waals surface area contributed by atoms with Gasteiger partial charge in [-0.2, -0.15) is 0 Å². The van der Waals surface area contributed by atoms with Gasteiger partial charge in [0, 0.05) is 0 Å². The summed E-state index contributed by atoms with van der Waals surface area (Å²) in [5.74, 6) is 0. The van der Waals surface area contributed by atoms with Crippen LogP contribution in [0, 0.1) is 0 Å². The van der Waals surface area contributed by atoms with E-state index in [2.05, 4.69) is 4.36 Å². The van der Waals surface area contributed by atoms with Gasteiger partial charge in [-0.3, -0.25) is 0 Å². The van der Waals surface area contributed by atoms with Gasteiger partial charge in [0.25, 0.3) is 0 Å². The Balaban J connectivity index is 2.14. The van der Waals surface area contributed by atoms with Crippen LogP contribution in [-0.4, -0.2) is 4.44 Å². The van der Waals surface area contributed by atoms with Gasteiger partial charge in [-0.15, -0.1) is 0 Å². The Hall–Kier alpha value is 0.539. The van der Waals surface area contributed by atoms with Crippen LogP contribution in [-0.2, 0) is 18.9 Å². The van der Waals surface area contributed by atoms with Crippen molar-refractivity contribution in [3.05, 3.63) is 0 Å². The van der Waals surface area contributed by atoms with Crippen LogP contribution in [0.15, 0.2) is 4.36 Å². The second-order valence-electron chi connectivity index (χ2n) is 9.73. The average Bonchev–Trinajstić information content (AvgIpc) is 3.12. The summed E-state index contributed by atoms with van der Waals surface area (Å²) in [7, 11) is 0. The topological polar surface area (TPSA) is 12.4 Å². The quantitative estimate of drug-likeness (QED) is 0.632. The third-order valence-corrected chi connectivity index (χ3v) is 57.2. The van der Waals surface area contributed by atoms with Gasteiger partial charge >= 0.3 is 71.1 Å². The van der Waals surface area contributed by atoms with E-state index in [1.54, 1.807) is 0 Å². The number of nitrogens with zero attached hydrogens (tertiary/aromatic N) is 1. The van der Waals surface area contributed by atoms with Crippen LogP contribution >= 0.6 is 0 Å². The van der Waals surface area contributed by atoms with E-state index in [4.69, 9.17) is 12.4 Å². The molecule has 4 unspecified atom stereocenters. The maximum atomic E-state index is 5.26. The van der Waals surface area contributed by atoms with E-state index in [1.165, 1.54) is 43.3 Å². The zero-order valence-electron chi connectivity index (χ0n) is 6.91. The van der Waals surface area contributed by atoms with Crippen LogP contribution in [0.4, 0.5) is 0 Å². The summed E-state index contributed by atoms with van der Waals surface area (Å²) in [5.41, 5.74) is 0. The maximum absolute atomic E-state index is 5.26. The van der Waals surface area contributed by atoms with Gasteiger partial charge in [-0.25, -0.2) is 0 Å². The normalized spacial score (nSPS) is 152. The third-order valence-electron chi connectivity index (χ3n) is 14.7. The molecule has 0 aromatic rings. The van der Waals surface area contributed by atoms with Crippen molar-refractivity contribution < 1.29 is 6.51 Å². The molecule has 10 saturated heterocycles. The van der Waals surface area contributed by atoms with Crippen molar-refractivity contribution in [2.75, 3.05) is 0 Å². The molecule has 3 heteroatoms. The van der Waals surface area contributed by atoms with Gasteiger partial charge in [-0.05, 0) is 0 Å². The number of rotatable bonds is 1. The molecule has 0 amide bonds. The van der Waals surface area contributed by atoms with Crippen LogP contribution < -0.4 is 0 Å². The predicted octanol–water partition coefficient (Wildman–Crippen LogP) is 3.01. The molecule has 0 bridgehead atoms. The Morgan fingerprint density at radius 1 is 0.846 bits per heavy atom. The Bertz CT molecular complexity index is 804. The first-order valence-electron chi connectivity index (χ1n) is 5.66. The molecule has 0 N–H and O–H groups in total. The number of fused-ring (bicyclic) bond motifs is 10. The molecular weight excluding hydrogens is 222 g/mol. The van der Waals surface area contributed by atoms with Gasteiger partial charge < -0.3 is 0 Å². The molecular formula is C10H9FeNS. The van der Waals surface area contributed by atoms with Crippen molar-refractivity contribution in [1.82, 2.24) is 0 Å². The van der Waals surface area contributed by atoms with E-state index in [1.807, 2.05) is 0 Å². The van der Waals surface area contributed by atoms with Crippen molar-refractivity contribution in [1.29, 1.82) is 0 Å². The molecule has 10 aliphatic heterocycles. The minimum absolute atomic E-state index is 0.675. The second kappa shape index (κ2) is 0.264. The van der Waals surface area contributed by atoms with Crippen molar-refractivity contribution in [2.45, 2.75) is 47.8 Å². The molecule has 10 heterocycles. The van der Waals surface area contributed by atoms with Gasteiger partial charge in [0.05, 0.1) is 0 Å². The van der Waals surface area contributed by atoms with Crippen LogP contribution in [0.1, 0.15) is 0 Å². The first-order valence-corrected chi connectivity index (χ1v) is 12.3. The van der Waals surface area contributed by atoms with E-state index in [-0.39, 0.29) is 0 Å². The summed E-state index contributed by atoms with van der Waals surface area (Å²) in [6.45, 7) is -2.77. The van der Waals surface area contributed by atoms with E-state index in [9.17, 15) is 0 Å². The van der Waals surface area contributed by atoms with E-state index >= 15 is 0 Å². The molecule has 0 aromatic carbocycles. The summed E-state index contributed by atoms with van der Waals surface area (Å²) in [6, 6.07) is 0. The van der Waals surface area contributed by atoms with Crippen LogP contribution in [0.25, 0.3) is 0 Å². The predicted molar refractivity (Wildman–Crippen MR) is 46.3 cm³/mol. The van der Waals surface area contributed by atoms with Gasteiger partial charge in [-0.1, -0.05) is 0 Å². The van der Waals surface area contributed by atoms with Gasteiger partial charge in [0.15, 0.2) is 0 Å². The molecule has 10 fully saturated rings. The zero-order chi connectivity index (χ0) is 7.72. The minimum atomic E-state index is -2.77. The Morgan fingerprint density at radius 2 is 1.31 bits per heavy atom. The summed E-state index contributed by atoms with van der Waals surface area (Å²) < 4.78 is 5.35. The molecule has 1 spiro atoms. The van der Waals surface area contributed by atoms with Crippen molar-refractivity contribution in [2.24, 2.45) is 4.36 Å². The molecule has 10 aliphatic rings. The van der Waals surface area contributed by atoms with Crippen LogP contribution in [0.3, 0.4) is 0 Å². The molecule has 0 saturated carbocycles. The molecule has 0 aromatic heterocycles. The fraction of sp³-hybridized carbons (Fsp3) is 1.00. The Kier molecular flexibility index (Phi) is 0.0851. The van der Waals surface area contributed by atoms with Crippen LogP contribution in [0.2, 0.25) is 43.3 Å². The summed E-state index contributed by atoms with van der Waals surface area (Å²) >= 11 is 5.26. The summed E-state index contributed by atoms with van der Waals surface area (Å²) in [5, 5.41) is 0. The van der Waals surface area contributed by atoms with Gasteiger partial charge in [0.2, 0.25) is 0 Å². The third kappa shape index (κ3) is 0.0297. The van der Waals surface area contributed by atoms with Crippen molar-refractivity contribution in [3.8, 4) is 0 Å². The van der Waals surface area contributed by atoms with E-state index in [0.717, 1.165) is 0 Å². The Morgan fingerprint density at radius 3 is 1.38 bits per heavy atom.